The zero-order valence-electron chi connectivity index (χ0n) is 18.2. The molecule has 2 aromatic rings. The number of ether oxygens (including phenoxy) is 1. The average Bonchev–Trinajstić information content (AvgIpc) is 2.75. The van der Waals surface area contributed by atoms with Gasteiger partial charge in [-0.25, -0.2) is 13.3 Å². The Labute approximate surface area is 185 Å². The molecule has 3 unspecified atom stereocenters. The highest BCUT2D eigenvalue weighted by atomic mass is 32.2. The molecule has 2 aliphatic rings. The van der Waals surface area contributed by atoms with Crippen molar-refractivity contribution in [3.8, 4) is 0 Å². The predicted molar refractivity (Wildman–Crippen MR) is 121 cm³/mol. The maximum absolute atomic E-state index is 13.6. The SMILES string of the molecule is Cc1ccc2n(c1=O)C(COC1CCC(c3cccc(F)c3)CC1)C(NS(C)=O)CC2. The molecule has 1 aliphatic heterocycles. The summed E-state index contributed by atoms with van der Waals surface area (Å²) >= 11 is 0. The molecule has 1 aliphatic carbocycles. The van der Waals surface area contributed by atoms with Crippen LogP contribution in [-0.4, -0.2) is 33.8 Å². The highest BCUT2D eigenvalue weighted by Gasteiger charge is 2.32. The molecule has 31 heavy (non-hydrogen) atoms. The summed E-state index contributed by atoms with van der Waals surface area (Å²) in [6, 6.07) is 10.6. The Bertz CT molecular complexity index is 1000. The molecular formula is C24H31FN2O3S. The van der Waals surface area contributed by atoms with E-state index in [1.165, 1.54) is 6.07 Å². The smallest absolute Gasteiger partial charge is 0.254 e. The van der Waals surface area contributed by atoms with E-state index < -0.39 is 11.0 Å². The zero-order chi connectivity index (χ0) is 22.0. The highest BCUT2D eigenvalue weighted by Crippen LogP contribution is 2.35. The number of nitrogens with zero attached hydrogens (tertiary/aromatic N) is 1. The largest absolute Gasteiger partial charge is 0.376 e. The summed E-state index contributed by atoms with van der Waals surface area (Å²) in [6.45, 7) is 2.25. The van der Waals surface area contributed by atoms with Crippen LogP contribution in [0.25, 0.3) is 0 Å². The van der Waals surface area contributed by atoms with Gasteiger partial charge in [-0.1, -0.05) is 18.2 Å². The van der Waals surface area contributed by atoms with E-state index in [1.807, 2.05) is 29.7 Å². The van der Waals surface area contributed by atoms with Gasteiger partial charge in [0, 0.05) is 23.6 Å². The Morgan fingerprint density at radius 1 is 1.16 bits per heavy atom. The van der Waals surface area contributed by atoms with Crippen LogP contribution in [0, 0.1) is 12.7 Å². The molecule has 2 heterocycles. The molecule has 0 amide bonds. The molecule has 1 saturated carbocycles. The van der Waals surface area contributed by atoms with Gasteiger partial charge in [0.05, 0.1) is 29.7 Å². The lowest BCUT2D eigenvalue weighted by Gasteiger charge is -2.37. The molecule has 3 atom stereocenters. The van der Waals surface area contributed by atoms with Crippen LogP contribution in [-0.2, 0) is 22.1 Å². The summed E-state index contributed by atoms with van der Waals surface area (Å²) in [4.78, 5) is 12.9. The normalized spacial score (nSPS) is 26.9. The molecule has 1 fully saturated rings. The molecule has 0 saturated heterocycles. The molecule has 0 bridgehead atoms. The monoisotopic (exact) mass is 446 g/mol. The lowest BCUT2D eigenvalue weighted by Crippen LogP contribution is -2.48. The van der Waals surface area contributed by atoms with Crippen LogP contribution in [0.3, 0.4) is 0 Å². The number of aromatic nitrogens is 1. The van der Waals surface area contributed by atoms with Gasteiger partial charge in [0.15, 0.2) is 0 Å². The molecule has 0 spiro atoms. The fourth-order valence-corrected chi connectivity index (χ4v) is 5.74. The van der Waals surface area contributed by atoms with Crippen molar-refractivity contribution in [1.29, 1.82) is 0 Å². The first-order valence-electron chi connectivity index (χ1n) is 11.1. The lowest BCUT2D eigenvalue weighted by molar-refractivity contribution is -0.00161. The summed E-state index contributed by atoms with van der Waals surface area (Å²) in [5, 5.41) is 0. The Hall–Kier alpha value is -1.83. The first-order valence-corrected chi connectivity index (χ1v) is 12.7. The average molecular weight is 447 g/mol. The number of aryl methyl sites for hydroxylation is 2. The van der Waals surface area contributed by atoms with Crippen molar-refractivity contribution in [3.05, 3.63) is 69.4 Å². The Morgan fingerprint density at radius 2 is 1.94 bits per heavy atom. The fraction of sp³-hybridized carbons (Fsp3) is 0.542. The lowest BCUT2D eigenvalue weighted by atomic mass is 9.82. The van der Waals surface area contributed by atoms with Crippen molar-refractivity contribution in [2.24, 2.45) is 0 Å². The maximum Gasteiger partial charge on any atom is 0.254 e. The summed E-state index contributed by atoms with van der Waals surface area (Å²) in [5.74, 6) is 0.188. The van der Waals surface area contributed by atoms with Gasteiger partial charge in [-0.05, 0) is 75.1 Å². The van der Waals surface area contributed by atoms with Gasteiger partial charge in [0.2, 0.25) is 0 Å². The van der Waals surface area contributed by atoms with E-state index in [-0.39, 0.29) is 29.6 Å². The number of fused-ring (bicyclic) bond motifs is 1. The van der Waals surface area contributed by atoms with E-state index in [0.717, 1.165) is 49.8 Å². The van der Waals surface area contributed by atoms with E-state index in [4.69, 9.17) is 4.74 Å². The third-order valence-electron chi connectivity index (χ3n) is 6.71. The Morgan fingerprint density at radius 3 is 2.65 bits per heavy atom. The first-order chi connectivity index (χ1) is 14.9. The number of pyridine rings is 1. The van der Waals surface area contributed by atoms with Crippen molar-refractivity contribution in [2.75, 3.05) is 12.9 Å². The fourth-order valence-electron chi connectivity index (χ4n) is 5.04. The van der Waals surface area contributed by atoms with Crippen molar-refractivity contribution < 1.29 is 13.3 Å². The van der Waals surface area contributed by atoms with Gasteiger partial charge in [0.1, 0.15) is 5.82 Å². The van der Waals surface area contributed by atoms with E-state index in [0.29, 0.717) is 18.1 Å². The minimum absolute atomic E-state index is 0.00861. The van der Waals surface area contributed by atoms with Gasteiger partial charge in [-0.2, -0.15) is 0 Å². The standard InChI is InChI=1S/C24H31FN2O3S/c1-16-6-9-20-10-13-22(26-31(2)29)23(27(20)24(16)28)15-30-21-11-7-17(8-12-21)18-4-3-5-19(25)14-18/h3-6,9,14,17,21-23,26H,7-8,10-13,15H2,1-2H3. The second-order valence-corrected chi connectivity index (χ2v) is 9.97. The van der Waals surface area contributed by atoms with E-state index >= 15 is 0 Å². The minimum atomic E-state index is -1.16. The van der Waals surface area contributed by atoms with E-state index in [2.05, 4.69) is 4.72 Å². The Kier molecular flexibility index (Phi) is 7.04. The van der Waals surface area contributed by atoms with Crippen LogP contribution in [0.4, 0.5) is 4.39 Å². The summed E-state index contributed by atoms with van der Waals surface area (Å²) in [5.41, 5.74) is 2.80. The number of hydrogen-bond donors (Lipinski definition) is 1. The molecule has 7 heteroatoms. The van der Waals surface area contributed by atoms with Crippen molar-refractivity contribution in [3.63, 3.8) is 0 Å². The minimum Gasteiger partial charge on any atom is -0.376 e. The van der Waals surface area contributed by atoms with Crippen LogP contribution in [0.5, 0.6) is 0 Å². The zero-order valence-corrected chi connectivity index (χ0v) is 19.0. The van der Waals surface area contributed by atoms with Crippen molar-refractivity contribution >= 4 is 11.0 Å². The van der Waals surface area contributed by atoms with Crippen LogP contribution in [0.1, 0.15) is 60.9 Å². The van der Waals surface area contributed by atoms with Crippen LogP contribution in [0.15, 0.2) is 41.2 Å². The van der Waals surface area contributed by atoms with Crippen molar-refractivity contribution in [2.45, 2.75) is 69.6 Å². The van der Waals surface area contributed by atoms with Crippen LogP contribution in [0.2, 0.25) is 0 Å². The second kappa shape index (κ2) is 9.76. The highest BCUT2D eigenvalue weighted by molar-refractivity contribution is 7.82. The number of hydrogen-bond acceptors (Lipinski definition) is 3. The maximum atomic E-state index is 13.6. The number of rotatable bonds is 6. The molecule has 1 N–H and O–H groups in total. The number of halogens is 1. The molecule has 1 aromatic heterocycles. The summed E-state index contributed by atoms with van der Waals surface area (Å²) < 4.78 is 36.7. The van der Waals surface area contributed by atoms with E-state index in [1.54, 1.807) is 18.4 Å². The van der Waals surface area contributed by atoms with Gasteiger partial charge < -0.3 is 9.30 Å². The molecule has 168 valence electrons. The molecule has 0 radical (unpaired) electrons. The Balaban J connectivity index is 1.43. The van der Waals surface area contributed by atoms with Gasteiger partial charge in [0.25, 0.3) is 5.56 Å². The number of benzene rings is 1. The first kappa shape index (κ1) is 22.4. The van der Waals surface area contributed by atoms with Crippen molar-refractivity contribution in [1.82, 2.24) is 9.29 Å². The van der Waals surface area contributed by atoms with Crippen LogP contribution < -0.4 is 10.3 Å². The summed E-state index contributed by atoms with van der Waals surface area (Å²) in [6.07, 6.45) is 7.12. The molecule has 1 aromatic carbocycles. The third-order valence-corrected chi connectivity index (χ3v) is 7.35. The number of nitrogens with one attached hydrogen (secondary N) is 1. The third kappa shape index (κ3) is 5.16. The molecule has 5 nitrogen and oxygen atoms in total. The topological polar surface area (TPSA) is 60.3 Å². The van der Waals surface area contributed by atoms with E-state index in [9.17, 15) is 13.4 Å². The molecular weight excluding hydrogens is 415 g/mol. The van der Waals surface area contributed by atoms with Crippen LogP contribution >= 0.6 is 0 Å². The molecule has 4 rings (SSSR count). The second-order valence-electron chi connectivity index (χ2n) is 8.83. The van der Waals surface area contributed by atoms with Gasteiger partial charge in [-0.3, -0.25) is 4.79 Å². The van der Waals surface area contributed by atoms with Gasteiger partial charge >= 0.3 is 0 Å². The quantitative estimate of drug-likeness (QED) is 0.735. The van der Waals surface area contributed by atoms with Gasteiger partial charge in [-0.15, -0.1) is 0 Å². The predicted octanol–water partition coefficient (Wildman–Crippen LogP) is 3.78. The summed E-state index contributed by atoms with van der Waals surface area (Å²) in [7, 11) is -1.16.